The Morgan fingerprint density at radius 3 is 2.90 bits per heavy atom. The molecule has 0 unspecified atom stereocenters. The molecule has 3 nitrogen and oxygen atoms in total. The Labute approximate surface area is 62.1 Å². The maximum absolute atomic E-state index is 10.3. The van der Waals surface area contributed by atoms with Crippen molar-refractivity contribution in [2.24, 2.45) is 5.73 Å². The highest BCUT2D eigenvalue weighted by atomic mass is 32.1. The zero-order chi connectivity index (χ0) is 7.56. The van der Waals surface area contributed by atoms with Crippen LogP contribution in [0, 0.1) is 0 Å². The Morgan fingerprint density at radius 1 is 1.80 bits per heavy atom. The van der Waals surface area contributed by atoms with Gasteiger partial charge in [-0.25, -0.2) is 0 Å². The van der Waals surface area contributed by atoms with Crippen molar-refractivity contribution in [3.63, 3.8) is 0 Å². The topological polar surface area (TPSA) is 63.3 Å². The van der Waals surface area contributed by atoms with Gasteiger partial charge in [0.15, 0.2) is 5.06 Å². The van der Waals surface area contributed by atoms with Crippen LogP contribution in [-0.4, -0.2) is 11.0 Å². The molecule has 4 heteroatoms. The standard InChI is InChI=1S/C6H7NO2S/c7-5(8)3-4-1-2-10-6(4)9/h1-2,9H,3H2,(H2,7,8). The molecule has 0 radical (unpaired) electrons. The molecule has 3 N–H and O–H groups in total. The second-order valence-electron chi connectivity index (χ2n) is 1.89. The summed E-state index contributed by atoms with van der Waals surface area (Å²) in [5, 5.41) is 10.9. The summed E-state index contributed by atoms with van der Waals surface area (Å²) in [5.41, 5.74) is 5.52. The van der Waals surface area contributed by atoms with Crippen molar-refractivity contribution in [3.8, 4) is 5.06 Å². The SMILES string of the molecule is NC(=O)Cc1ccsc1O. The smallest absolute Gasteiger partial charge is 0.222 e. The van der Waals surface area contributed by atoms with Crippen LogP contribution in [0.5, 0.6) is 5.06 Å². The Morgan fingerprint density at radius 2 is 2.50 bits per heavy atom. The van der Waals surface area contributed by atoms with Gasteiger partial charge in [-0.2, -0.15) is 0 Å². The highest BCUT2D eigenvalue weighted by Crippen LogP contribution is 2.23. The zero-order valence-corrected chi connectivity index (χ0v) is 6.02. The first-order chi connectivity index (χ1) is 4.70. The molecule has 0 aromatic carbocycles. The molecule has 10 heavy (non-hydrogen) atoms. The summed E-state index contributed by atoms with van der Waals surface area (Å²) < 4.78 is 0. The molecule has 0 fully saturated rings. The van der Waals surface area contributed by atoms with Crippen molar-refractivity contribution in [1.82, 2.24) is 0 Å². The Bertz CT molecular complexity index is 244. The molecular weight excluding hydrogens is 150 g/mol. The molecule has 1 rings (SSSR count). The summed E-state index contributed by atoms with van der Waals surface area (Å²) >= 11 is 1.19. The predicted octanol–water partition coefficient (Wildman–Crippen LogP) is 0.481. The lowest BCUT2D eigenvalue weighted by atomic mass is 10.2. The van der Waals surface area contributed by atoms with Gasteiger partial charge in [-0.3, -0.25) is 4.79 Å². The van der Waals surface area contributed by atoms with Gasteiger partial charge in [-0.1, -0.05) is 0 Å². The van der Waals surface area contributed by atoms with Crippen molar-refractivity contribution in [3.05, 3.63) is 17.0 Å². The van der Waals surface area contributed by atoms with E-state index in [0.29, 0.717) is 5.56 Å². The fraction of sp³-hybridized carbons (Fsp3) is 0.167. The van der Waals surface area contributed by atoms with Crippen molar-refractivity contribution in [1.29, 1.82) is 0 Å². The van der Waals surface area contributed by atoms with Crippen molar-refractivity contribution in [2.45, 2.75) is 6.42 Å². The summed E-state index contributed by atoms with van der Waals surface area (Å²) in [7, 11) is 0. The van der Waals surface area contributed by atoms with Crippen LogP contribution in [0.25, 0.3) is 0 Å². The van der Waals surface area contributed by atoms with E-state index in [1.165, 1.54) is 11.3 Å². The van der Waals surface area contributed by atoms with Crippen LogP contribution in [0.1, 0.15) is 5.56 Å². The second kappa shape index (κ2) is 2.70. The van der Waals surface area contributed by atoms with Crippen molar-refractivity contribution >= 4 is 17.2 Å². The molecule has 0 aliphatic carbocycles. The summed E-state index contributed by atoms with van der Waals surface area (Å²) in [5.74, 6) is -0.422. The van der Waals surface area contributed by atoms with Gasteiger partial charge in [0, 0.05) is 5.56 Å². The van der Waals surface area contributed by atoms with Crippen LogP contribution < -0.4 is 5.73 Å². The number of primary amides is 1. The number of carbonyl (C=O) groups excluding carboxylic acids is 1. The molecule has 0 saturated heterocycles. The van der Waals surface area contributed by atoms with E-state index in [9.17, 15) is 4.79 Å². The molecule has 54 valence electrons. The highest BCUT2D eigenvalue weighted by molar-refractivity contribution is 7.11. The molecular formula is C6H7NO2S. The largest absolute Gasteiger partial charge is 0.499 e. The van der Waals surface area contributed by atoms with Crippen LogP contribution in [-0.2, 0) is 11.2 Å². The first-order valence-corrected chi connectivity index (χ1v) is 3.62. The number of nitrogens with two attached hydrogens (primary N) is 1. The van der Waals surface area contributed by atoms with E-state index in [0.717, 1.165) is 0 Å². The average Bonchev–Trinajstić information content (AvgIpc) is 2.15. The average molecular weight is 157 g/mol. The van der Waals surface area contributed by atoms with Gasteiger partial charge < -0.3 is 10.8 Å². The minimum Gasteiger partial charge on any atom is -0.499 e. The zero-order valence-electron chi connectivity index (χ0n) is 5.20. The maximum atomic E-state index is 10.3. The molecule has 0 aliphatic rings. The third-order valence-electron chi connectivity index (χ3n) is 1.09. The molecule has 0 atom stereocenters. The van der Waals surface area contributed by atoms with Gasteiger partial charge in [0.1, 0.15) is 0 Å². The molecule has 0 bridgehead atoms. The van der Waals surface area contributed by atoms with E-state index in [2.05, 4.69) is 0 Å². The van der Waals surface area contributed by atoms with Crippen LogP contribution >= 0.6 is 11.3 Å². The Kier molecular flexibility index (Phi) is 1.91. The number of amides is 1. The maximum Gasteiger partial charge on any atom is 0.222 e. The first-order valence-electron chi connectivity index (χ1n) is 2.74. The third-order valence-corrected chi connectivity index (χ3v) is 1.85. The van der Waals surface area contributed by atoms with E-state index in [1.54, 1.807) is 11.4 Å². The van der Waals surface area contributed by atoms with E-state index in [-0.39, 0.29) is 11.5 Å². The van der Waals surface area contributed by atoms with Gasteiger partial charge in [0.25, 0.3) is 0 Å². The van der Waals surface area contributed by atoms with Gasteiger partial charge in [0.2, 0.25) is 5.91 Å². The minimum absolute atomic E-state index is 0.120. The van der Waals surface area contributed by atoms with Crippen molar-refractivity contribution in [2.75, 3.05) is 0 Å². The first kappa shape index (κ1) is 7.08. The Hall–Kier alpha value is -1.03. The van der Waals surface area contributed by atoms with Gasteiger partial charge in [-0.15, -0.1) is 11.3 Å². The molecule has 0 spiro atoms. The van der Waals surface area contributed by atoms with Crippen LogP contribution in [0.15, 0.2) is 11.4 Å². The summed E-state index contributed by atoms with van der Waals surface area (Å²) in [4.78, 5) is 10.3. The number of aromatic hydroxyl groups is 1. The third kappa shape index (κ3) is 1.48. The van der Waals surface area contributed by atoms with E-state index in [4.69, 9.17) is 10.8 Å². The molecule has 0 aliphatic heterocycles. The van der Waals surface area contributed by atoms with Crippen LogP contribution in [0.3, 0.4) is 0 Å². The number of hydrogen-bond donors (Lipinski definition) is 2. The van der Waals surface area contributed by atoms with Crippen LogP contribution in [0.2, 0.25) is 0 Å². The number of rotatable bonds is 2. The molecule has 1 heterocycles. The van der Waals surface area contributed by atoms with E-state index >= 15 is 0 Å². The minimum atomic E-state index is -0.422. The monoisotopic (exact) mass is 157 g/mol. The number of hydrogen-bond acceptors (Lipinski definition) is 3. The van der Waals surface area contributed by atoms with Gasteiger partial charge in [-0.05, 0) is 11.4 Å². The number of carbonyl (C=O) groups is 1. The summed E-state index contributed by atoms with van der Waals surface area (Å²) in [6.45, 7) is 0. The molecule has 1 amide bonds. The van der Waals surface area contributed by atoms with Crippen LogP contribution in [0.4, 0.5) is 0 Å². The number of thiophene rings is 1. The quantitative estimate of drug-likeness (QED) is 0.656. The van der Waals surface area contributed by atoms with Gasteiger partial charge in [0.05, 0.1) is 6.42 Å². The van der Waals surface area contributed by atoms with E-state index in [1.807, 2.05) is 0 Å². The fourth-order valence-electron chi connectivity index (χ4n) is 0.650. The predicted molar refractivity (Wildman–Crippen MR) is 38.9 cm³/mol. The fourth-order valence-corrected chi connectivity index (χ4v) is 1.30. The molecule has 1 aromatic heterocycles. The molecule has 1 aromatic rings. The second-order valence-corrected chi connectivity index (χ2v) is 2.79. The van der Waals surface area contributed by atoms with E-state index < -0.39 is 5.91 Å². The summed E-state index contributed by atoms with van der Waals surface area (Å²) in [6, 6.07) is 1.69. The Balaban J connectivity index is 2.74. The van der Waals surface area contributed by atoms with Gasteiger partial charge >= 0.3 is 0 Å². The molecule has 0 saturated carbocycles. The normalized spacial score (nSPS) is 9.60. The lowest BCUT2D eigenvalue weighted by Gasteiger charge is -1.91. The lowest BCUT2D eigenvalue weighted by Crippen LogP contribution is -2.12. The summed E-state index contributed by atoms with van der Waals surface area (Å²) in [6.07, 6.45) is 0.120. The van der Waals surface area contributed by atoms with Crippen molar-refractivity contribution < 1.29 is 9.90 Å². The highest BCUT2D eigenvalue weighted by Gasteiger charge is 2.04. The lowest BCUT2D eigenvalue weighted by molar-refractivity contribution is -0.117.